The van der Waals surface area contributed by atoms with E-state index in [4.69, 9.17) is 4.74 Å². The maximum Gasteiger partial charge on any atom is 0.356 e. The van der Waals surface area contributed by atoms with Crippen molar-refractivity contribution in [1.82, 2.24) is 9.78 Å². The van der Waals surface area contributed by atoms with Crippen LogP contribution in [0.2, 0.25) is 0 Å². The number of hydrogen-bond donors (Lipinski definition) is 1. The molecule has 0 amide bonds. The summed E-state index contributed by atoms with van der Waals surface area (Å²) in [5.74, 6) is -1.01. The Morgan fingerprint density at radius 2 is 2.33 bits per heavy atom. The molecule has 21 heavy (non-hydrogen) atoms. The van der Waals surface area contributed by atoms with E-state index in [0.717, 1.165) is 27.8 Å². The number of halogens is 1. The minimum absolute atomic E-state index is 0.0923. The molecule has 1 aliphatic rings. The van der Waals surface area contributed by atoms with Crippen LogP contribution in [0.1, 0.15) is 34.2 Å². The van der Waals surface area contributed by atoms with Gasteiger partial charge in [-0.25, -0.2) is 9.48 Å². The Morgan fingerprint density at radius 1 is 1.52 bits per heavy atom. The van der Waals surface area contributed by atoms with Gasteiger partial charge in [-0.1, -0.05) is 22.9 Å². The molecule has 0 saturated heterocycles. The largest absolute Gasteiger partial charge is 0.476 e. The van der Waals surface area contributed by atoms with Crippen molar-refractivity contribution in [3.8, 4) is 5.69 Å². The lowest BCUT2D eigenvalue weighted by Crippen LogP contribution is -2.14. The summed E-state index contributed by atoms with van der Waals surface area (Å²) in [7, 11) is 0. The SMILES string of the molecule is CCc1cc(Br)ccc1-n1nc(C(=O)O)c2c1CCOC2. The summed E-state index contributed by atoms with van der Waals surface area (Å²) in [6.07, 6.45) is 1.52. The number of aryl methyl sites for hydroxylation is 1. The van der Waals surface area contributed by atoms with E-state index in [1.54, 1.807) is 4.68 Å². The third-order valence-electron chi connectivity index (χ3n) is 3.67. The fourth-order valence-corrected chi connectivity index (χ4v) is 3.06. The smallest absolute Gasteiger partial charge is 0.356 e. The zero-order valence-electron chi connectivity index (χ0n) is 11.6. The van der Waals surface area contributed by atoms with Gasteiger partial charge in [0.15, 0.2) is 5.69 Å². The summed E-state index contributed by atoms with van der Waals surface area (Å²) < 4.78 is 8.16. The van der Waals surface area contributed by atoms with Gasteiger partial charge in [0.05, 0.1) is 24.6 Å². The Morgan fingerprint density at radius 3 is 3.05 bits per heavy atom. The highest BCUT2D eigenvalue weighted by Crippen LogP contribution is 2.27. The van der Waals surface area contributed by atoms with Gasteiger partial charge in [0.2, 0.25) is 0 Å². The first-order chi connectivity index (χ1) is 10.1. The highest BCUT2D eigenvalue weighted by Gasteiger charge is 2.26. The maximum absolute atomic E-state index is 11.4. The number of rotatable bonds is 3. The molecule has 5 nitrogen and oxygen atoms in total. The predicted molar refractivity (Wildman–Crippen MR) is 81.0 cm³/mol. The first kappa shape index (κ1) is 14.3. The average molecular weight is 351 g/mol. The maximum atomic E-state index is 11.4. The van der Waals surface area contributed by atoms with Crippen molar-refractivity contribution in [3.63, 3.8) is 0 Å². The Labute approximate surface area is 130 Å². The third-order valence-corrected chi connectivity index (χ3v) is 4.17. The molecule has 2 aromatic rings. The van der Waals surface area contributed by atoms with E-state index in [-0.39, 0.29) is 5.69 Å². The van der Waals surface area contributed by atoms with Gasteiger partial charge in [0.25, 0.3) is 0 Å². The second-order valence-corrected chi connectivity index (χ2v) is 5.84. The average Bonchev–Trinajstić information content (AvgIpc) is 2.87. The number of hydrogen-bond acceptors (Lipinski definition) is 3. The first-order valence-corrected chi connectivity index (χ1v) is 7.61. The van der Waals surface area contributed by atoms with Gasteiger partial charge >= 0.3 is 5.97 Å². The standard InChI is InChI=1S/C15H15BrN2O3/c1-2-9-7-10(16)3-4-12(9)18-13-5-6-21-8-11(13)14(17-18)15(19)20/h3-4,7H,2,5-6,8H2,1H3,(H,19,20). The van der Waals surface area contributed by atoms with Crippen molar-refractivity contribution in [2.24, 2.45) is 0 Å². The number of carboxylic acid groups (broad SMARTS) is 1. The number of carboxylic acids is 1. The van der Waals surface area contributed by atoms with Crippen molar-refractivity contribution in [2.45, 2.75) is 26.4 Å². The van der Waals surface area contributed by atoms with E-state index in [0.29, 0.717) is 25.2 Å². The quantitative estimate of drug-likeness (QED) is 0.924. The summed E-state index contributed by atoms with van der Waals surface area (Å²) in [6.45, 7) is 2.98. The van der Waals surface area contributed by atoms with Gasteiger partial charge in [-0.05, 0) is 30.2 Å². The molecule has 2 heterocycles. The Bertz CT molecular complexity index is 709. The summed E-state index contributed by atoms with van der Waals surface area (Å²) in [5.41, 5.74) is 3.79. The fraction of sp³-hybridized carbons (Fsp3) is 0.333. The Balaban J connectivity index is 2.21. The van der Waals surface area contributed by atoms with Crippen molar-refractivity contribution in [3.05, 3.63) is 45.2 Å². The molecule has 0 atom stereocenters. The Hall–Kier alpha value is -1.66. The molecular formula is C15H15BrN2O3. The Kier molecular flexibility index (Phi) is 3.82. The van der Waals surface area contributed by atoms with E-state index < -0.39 is 5.97 Å². The second-order valence-electron chi connectivity index (χ2n) is 4.92. The van der Waals surface area contributed by atoms with Crippen LogP contribution in [-0.4, -0.2) is 27.5 Å². The number of fused-ring (bicyclic) bond motifs is 1. The zero-order chi connectivity index (χ0) is 15.0. The summed E-state index contributed by atoms with van der Waals surface area (Å²) >= 11 is 3.47. The highest BCUT2D eigenvalue weighted by molar-refractivity contribution is 9.10. The van der Waals surface area contributed by atoms with Crippen LogP contribution in [-0.2, 0) is 24.2 Å². The van der Waals surface area contributed by atoms with E-state index in [9.17, 15) is 9.90 Å². The van der Waals surface area contributed by atoms with Crippen LogP contribution in [0.15, 0.2) is 22.7 Å². The summed E-state index contributed by atoms with van der Waals surface area (Å²) in [5, 5.41) is 13.7. The molecule has 0 fully saturated rings. The van der Waals surface area contributed by atoms with Crippen LogP contribution in [0.25, 0.3) is 5.69 Å². The molecule has 0 spiro atoms. The van der Waals surface area contributed by atoms with Crippen molar-refractivity contribution >= 4 is 21.9 Å². The molecule has 1 aromatic carbocycles. The lowest BCUT2D eigenvalue weighted by Gasteiger charge is -2.16. The van der Waals surface area contributed by atoms with E-state index >= 15 is 0 Å². The highest BCUT2D eigenvalue weighted by atomic mass is 79.9. The minimum Gasteiger partial charge on any atom is -0.476 e. The molecule has 1 aromatic heterocycles. The van der Waals surface area contributed by atoms with Crippen molar-refractivity contribution < 1.29 is 14.6 Å². The van der Waals surface area contributed by atoms with Crippen LogP contribution in [0.3, 0.4) is 0 Å². The first-order valence-electron chi connectivity index (χ1n) is 6.82. The van der Waals surface area contributed by atoms with E-state index in [1.165, 1.54) is 0 Å². The van der Waals surface area contributed by atoms with Crippen LogP contribution < -0.4 is 0 Å². The van der Waals surface area contributed by atoms with Crippen LogP contribution >= 0.6 is 15.9 Å². The molecule has 1 aliphatic heterocycles. The van der Waals surface area contributed by atoms with E-state index in [2.05, 4.69) is 28.0 Å². The number of aromatic carboxylic acids is 1. The van der Waals surface area contributed by atoms with Gasteiger partial charge in [-0.2, -0.15) is 5.10 Å². The molecule has 6 heteroatoms. The fourth-order valence-electron chi connectivity index (χ4n) is 2.65. The molecule has 3 rings (SSSR count). The lowest BCUT2D eigenvalue weighted by molar-refractivity contribution is 0.0677. The molecule has 0 saturated carbocycles. The van der Waals surface area contributed by atoms with Gasteiger partial charge in [-0.3, -0.25) is 0 Å². The normalized spacial score (nSPS) is 14.0. The molecule has 0 aliphatic carbocycles. The number of aromatic nitrogens is 2. The number of benzene rings is 1. The van der Waals surface area contributed by atoms with Crippen LogP contribution in [0.5, 0.6) is 0 Å². The molecular weight excluding hydrogens is 336 g/mol. The van der Waals surface area contributed by atoms with Crippen molar-refractivity contribution in [1.29, 1.82) is 0 Å². The molecule has 0 unspecified atom stereocenters. The van der Waals surface area contributed by atoms with Crippen LogP contribution in [0, 0.1) is 0 Å². The number of carbonyl (C=O) groups is 1. The monoisotopic (exact) mass is 350 g/mol. The summed E-state index contributed by atoms with van der Waals surface area (Å²) in [4.78, 5) is 11.4. The van der Waals surface area contributed by atoms with Crippen LogP contribution in [0.4, 0.5) is 0 Å². The van der Waals surface area contributed by atoms with Gasteiger partial charge < -0.3 is 9.84 Å². The molecule has 110 valence electrons. The third kappa shape index (κ3) is 2.49. The predicted octanol–water partition coefficient (Wildman–Crippen LogP) is 2.97. The number of ether oxygens (including phenoxy) is 1. The minimum atomic E-state index is -1.01. The molecule has 0 bridgehead atoms. The topological polar surface area (TPSA) is 64.4 Å². The van der Waals surface area contributed by atoms with Gasteiger partial charge in [0.1, 0.15) is 0 Å². The van der Waals surface area contributed by atoms with Gasteiger partial charge in [-0.15, -0.1) is 0 Å². The van der Waals surface area contributed by atoms with Crippen molar-refractivity contribution in [2.75, 3.05) is 6.61 Å². The second kappa shape index (κ2) is 5.61. The van der Waals surface area contributed by atoms with Gasteiger partial charge in [0, 0.05) is 16.5 Å². The summed E-state index contributed by atoms with van der Waals surface area (Å²) in [6, 6.07) is 5.96. The molecule has 1 N–H and O–H groups in total. The lowest BCUT2D eigenvalue weighted by atomic mass is 10.1. The number of nitrogens with zero attached hydrogens (tertiary/aromatic N) is 2. The molecule has 0 radical (unpaired) electrons. The zero-order valence-corrected chi connectivity index (χ0v) is 13.2. The van der Waals surface area contributed by atoms with E-state index in [1.807, 2.05) is 18.2 Å².